The van der Waals surface area contributed by atoms with E-state index in [9.17, 15) is 9.90 Å². The highest BCUT2D eigenvalue weighted by Crippen LogP contribution is 2.44. The van der Waals surface area contributed by atoms with Gasteiger partial charge < -0.3 is 51.9 Å². The van der Waals surface area contributed by atoms with E-state index in [-0.39, 0.29) is 101 Å². The van der Waals surface area contributed by atoms with Gasteiger partial charge >= 0.3 is 5.97 Å². The molecule has 16 atom stereocenters. The molecule has 1 N–H and O–H groups in total. The number of rotatable bonds is 26. The fourth-order valence-electron chi connectivity index (χ4n) is 10.4. The molecule has 2 saturated heterocycles. The van der Waals surface area contributed by atoms with Crippen LogP contribution in [-0.2, 0) is 46.8 Å². The number of hydrogen-bond donors (Lipinski definition) is 1. The van der Waals surface area contributed by atoms with Gasteiger partial charge in [-0.15, -0.1) is 0 Å². The Morgan fingerprint density at radius 2 is 1.42 bits per heavy atom. The molecule has 3 aliphatic rings. The van der Waals surface area contributed by atoms with E-state index in [4.69, 9.17) is 46.7 Å². The predicted molar refractivity (Wildman–Crippen MR) is 302 cm³/mol. The van der Waals surface area contributed by atoms with E-state index in [2.05, 4.69) is 121 Å². The number of allylic oxidation sites excluding steroid dienone is 2. The molecule has 4 rings (SSSR count). The van der Waals surface area contributed by atoms with Crippen LogP contribution in [0.25, 0.3) is 0 Å². The van der Waals surface area contributed by atoms with Crippen LogP contribution in [0.3, 0.4) is 0 Å². The van der Waals surface area contributed by atoms with E-state index in [1.165, 1.54) is 13.2 Å². The Labute approximate surface area is 451 Å². The number of ether oxygens (including phenoxy) is 8. The molecule has 0 amide bonds. The van der Waals surface area contributed by atoms with E-state index in [0.717, 1.165) is 49.0 Å². The molecule has 1 aromatic rings. The van der Waals surface area contributed by atoms with Gasteiger partial charge in [0.15, 0.2) is 22.9 Å². The zero-order valence-electron chi connectivity index (χ0n) is 49.7. The topological polar surface area (TPSA) is 130 Å². The van der Waals surface area contributed by atoms with Gasteiger partial charge in [-0.1, -0.05) is 111 Å². The van der Waals surface area contributed by atoms with Crippen LogP contribution in [0, 0.1) is 23.7 Å². The summed E-state index contributed by atoms with van der Waals surface area (Å²) >= 11 is 0. The van der Waals surface area contributed by atoms with Crippen LogP contribution >= 0.6 is 0 Å². The fourth-order valence-corrected chi connectivity index (χ4v) is 13.2. The standard InChI is InChI=1S/C60H104O12Si2/c1-39(25-33-55(61)66-16)24-29-50(71-73(17,18)59(7,8)9)35-47-22-21-23-48(68-47)37-52(65-15)42(4)53-38-54(70-58(69-53)45-27-31-46(63-13)32-28-45)43(5)56(62)44(6)57(72-74(19,20)60(10,11)12)40(2)26-30-49-36-51(64-14)34-41(3)67-49/h21-22,24-25,27-28,31-33,40-44,47-54,56-58,62H,23,26,29-30,34-38H2,1-20H3/b33-25+,39-24+/t40-,41-,42+,43-,44+,47-,48-,49-,50-,51+,52-,53-,54+,56-,57-,58+/m0/s1. The number of aliphatic hydroxyl groups excluding tert-OH is 1. The molecule has 0 spiro atoms. The van der Waals surface area contributed by atoms with Gasteiger partial charge in [-0.3, -0.25) is 0 Å². The maximum absolute atomic E-state index is 12.7. The second kappa shape index (κ2) is 28.6. The minimum atomic E-state index is -2.25. The average molecular weight is 1070 g/mol. The van der Waals surface area contributed by atoms with Crippen molar-refractivity contribution in [2.75, 3.05) is 28.4 Å². The molecule has 0 aromatic heterocycles. The first-order valence-corrected chi connectivity index (χ1v) is 33.8. The van der Waals surface area contributed by atoms with E-state index in [1.54, 1.807) is 27.4 Å². The van der Waals surface area contributed by atoms with Crippen LogP contribution < -0.4 is 4.74 Å². The average Bonchev–Trinajstić information content (AvgIpc) is 3.35. The molecule has 0 unspecified atom stereocenters. The van der Waals surface area contributed by atoms with Crippen LogP contribution in [0.5, 0.6) is 5.75 Å². The van der Waals surface area contributed by atoms with Crippen LogP contribution in [0.4, 0.5) is 0 Å². The highest BCUT2D eigenvalue weighted by Gasteiger charge is 2.47. The molecule has 74 heavy (non-hydrogen) atoms. The number of carbonyl (C=O) groups excluding carboxylic acids is 1. The van der Waals surface area contributed by atoms with Crippen LogP contribution in [0.1, 0.15) is 153 Å². The van der Waals surface area contributed by atoms with Crippen molar-refractivity contribution in [2.45, 2.75) is 251 Å². The van der Waals surface area contributed by atoms with Crippen LogP contribution in [-0.4, -0.2) is 123 Å². The van der Waals surface area contributed by atoms with Crippen molar-refractivity contribution in [2.24, 2.45) is 23.7 Å². The SMILES string of the molecule is COC(=O)/C=C/C(C)=C/C[C@@H](C[C@@H]1C=CC[C@@H](C[C@H](OC)[C@@H](C)[C@@H]2C[C@H]([C@H](C)[C@H](O)[C@@H](C)[C@@H](O[Si](C)(C)C(C)(C)C)[C@@H](C)CC[C@H]3C[C@H](OC)C[C@H](C)O3)O[C@H](c3ccc(OC)cc3)O2)O1)O[Si](C)(C)C(C)(C)C. The largest absolute Gasteiger partial charge is 0.497 e. The monoisotopic (exact) mass is 1070 g/mol. The molecule has 12 nitrogen and oxygen atoms in total. The summed E-state index contributed by atoms with van der Waals surface area (Å²) in [5, 5.41) is 12.7. The van der Waals surface area contributed by atoms with Gasteiger partial charge in [-0.25, -0.2) is 4.79 Å². The van der Waals surface area contributed by atoms with Gasteiger partial charge in [0.05, 0.1) is 81.4 Å². The van der Waals surface area contributed by atoms with Gasteiger partial charge in [-0.05, 0) is 107 Å². The number of methoxy groups -OCH3 is 4. The third kappa shape index (κ3) is 18.7. The molecule has 0 aliphatic carbocycles. The van der Waals surface area contributed by atoms with Crippen molar-refractivity contribution in [1.82, 2.24) is 0 Å². The van der Waals surface area contributed by atoms with Gasteiger partial charge in [-0.2, -0.15) is 0 Å². The zero-order valence-corrected chi connectivity index (χ0v) is 51.7. The molecule has 3 heterocycles. The summed E-state index contributed by atoms with van der Waals surface area (Å²) in [6.07, 6.45) is 14.8. The summed E-state index contributed by atoms with van der Waals surface area (Å²) in [6.45, 7) is 35.8. The molecular weight excluding hydrogens is 969 g/mol. The van der Waals surface area contributed by atoms with Crippen LogP contribution in [0.15, 0.2) is 60.2 Å². The number of hydrogen-bond acceptors (Lipinski definition) is 12. The van der Waals surface area contributed by atoms with E-state index < -0.39 is 29.0 Å². The molecule has 0 bridgehead atoms. The van der Waals surface area contributed by atoms with Crippen molar-refractivity contribution in [3.05, 3.63) is 65.8 Å². The first kappa shape index (κ1) is 64.3. The van der Waals surface area contributed by atoms with Crippen molar-refractivity contribution < 1.29 is 56.6 Å². The minimum absolute atomic E-state index is 0.00382. The maximum atomic E-state index is 12.7. The molecule has 14 heteroatoms. The number of esters is 1. The first-order valence-electron chi connectivity index (χ1n) is 28.0. The normalized spacial score (nSPS) is 28.0. The predicted octanol–water partition coefficient (Wildman–Crippen LogP) is 13.5. The Bertz CT molecular complexity index is 1920. The maximum Gasteiger partial charge on any atom is 0.330 e. The molecule has 0 radical (unpaired) electrons. The lowest BCUT2D eigenvalue weighted by Crippen LogP contribution is -2.52. The van der Waals surface area contributed by atoms with Gasteiger partial charge in [0.1, 0.15) is 5.75 Å². The molecule has 424 valence electrons. The Morgan fingerprint density at radius 3 is 2.00 bits per heavy atom. The minimum Gasteiger partial charge on any atom is -0.497 e. The van der Waals surface area contributed by atoms with Gasteiger partial charge in [0.2, 0.25) is 0 Å². The summed E-state index contributed by atoms with van der Waals surface area (Å²) in [6, 6.07) is 7.88. The summed E-state index contributed by atoms with van der Waals surface area (Å²) in [7, 11) is 2.25. The highest BCUT2D eigenvalue weighted by atomic mass is 28.4. The van der Waals surface area contributed by atoms with E-state index in [0.29, 0.717) is 25.7 Å². The summed E-state index contributed by atoms with van der Waals surface area (Å²) in [5.41, 5.74) is 1.86. The summed E-state index contributed by atoms with van der Waals surface area (Å²) in [5.74, 6) is 0.0844. The Morgan fingerprint density at radius 1 is 0.797 bits per heavy atom. The van der Waals surface area contributed by atoms with Crippen molar-refractivity contribution in [3.8, 4) is 5.75 Å². The molecule has 3 aliphatic heterocycles. The number of benzene rings is 1. The third-order valence-corrected chi connectivity index (χ3v) is 26.5. The lowest BCUT2D eigenvalue weighted by atomic mass is 9.78. The van der Waals surface area contributed by atoms with Gasteiger partial charge in [0, 0.05) is 62.9 Å². The lowest BCUT2D eigenvalue weighted by molar-refractivity contribution is -0.278. The Hall–Kier alpha value is -2.22. The lowest BCUT2D eigenvalue weighted by Gasteiger charge is -2.47. The first-order chi connectivity index (χ1) is 34.5. The zero-order chi connectivity index (χ0) is 55.3. The van der Waals surface area contributed by atoms with Gasteiger partial charge in [0.25, 0.3) is 0 Å². The third-order valence-electron chi connectivity index (χ3n) is 17.5. The smallest absolute Gasteiger partial charge is 0.330 e. The summed E-state index contributed by atoms with van der Waals surface area (Å²) in [4.78, 5) is 11.8. The van der Waals surface area contributed by atoms with Crippen molar-refractivity contribution in [1.29, 1.82) is 0 Å². The van der Waals surface area contributed by atoms with Crippen LogP contribution in [0.2, 0.25) is 36.3 Å². The quantitative estimate of drug-likeness (QED) is 0.0312. The Kier molecular flexibility index (Phi) is 24.9. The molecular formula is C60H104O12Si2. The van der Waals surface area contributed by atoms with E-state index >= 15 is 0 Å². The fraction of sp³-hybridized carbons (Fsp3) is 0.783. The molecule has 1 aromatic carbocycles. The number of carbonyl (C=O) groups is 1. The highest BCUT2D eigenvalue weighted by molar-refractivity contribution is 6.74. The second-order valence-electron chi connectivity index (χ2n) is 25.3. The Balaban J connectivity index is 1.56. The second-order valence-corrected chi connectivity index (χ2v) is 34.8. The summed E-state index contributed by atoms with van der Waals surface area (Å²) < 4.78 is 64.2. The van der Waals surface area contributed by atoms with Crippen molar-refractivity contribution >= 4 is 22.6 Å². The van der Waals surface area contributed by atoms with E-state index in [1.807, 2.05) is 31.2 Å². The molecule has 0 saturated carbocycles. The number of aliphatic hydroxyl groups is 1. The molecule has 2 fully saturated rings. The van der Waals surface area contributed by atoms with Crippen molar-refractivity contribution in [3.63, 3.8) is 0 Å².